The lowest BCUT2D eigenvalue weighted by Crippen LogP contribution is -2.37. The average Bonchev–Trinajstić information content (AvgIpc) is 2.03. The summed E-state index contributed by atoms with van der Waals surface area (Å²) in [4.78, 5) is 11.1. The van der Waals surface area contributed by atoms with Crippen molar-refractivity contribution in [2.75, 3.05) is 13.7 Å². The molecule has 0 spiro atoms. The molecule has 1 atom stereocenters. The highest BCUT2D eigenvalue weighted by Gasteiger charge is 2.31. The van der Waals surface area contributed by atoms with E-state index in [-0.39, 0.29) is 17.5 Å². The SMILES string of the molecule is COC(=O)[C@H]1CCC(C)(C)OC1. The third-order valence-electron chi connectivity index (χ3n) is 2.30. The Bertz CT molecular complexity index is 165. The maximum atomic E-state index is 11.1. The Morgan fingerprint density at radius 2 is 2.25 bits per heavy atom. The topological polar surface area (TPSA) is 35.5 Å². The van der Waals surface area contributed by atoms with Crippen LogP contribution in [0.1, 0.15) is 26.7 Å². The standard InChI is InChI=1S/C9H16O3/c1-9(2)5-4-7(6-12-9)8(10)11-3/h7H,4-6H2,1-3H3/t7-/m0/s1. The highest BCUT2D eigenvalue weighted by atomic mass is 16.5. The number of hydrogen-bond acceptors (Lipinski definition) is 3. The van der Waals surface area contributed by atoms with E-state index in [1.807, 2.05) is 13.8 Å². The first-order chi connectivity index (χ1) is 5.55. The molecule has 1 fully saturated rings. The zero-order chi connectivity index (χ0) is 9.19. The van der Waals surface area contributed by atoms with Gasteiger partial charge in [0, 0.05) is 0 Å². The average molecular weight is 172 g/mol. The molecule has 0 aromatic rings. The minimum absolute atomic E-state index is 0.0528. The second kappa shape index (κ2) is 3.44. The van der Waals surface area contributed by atoms with Gasteiger partial charge in [-0.25, -0.2) is 0 Å². The Kier molecular flexibility index (Phi) is 2.73. The first-order valence-corrected chi connectivity index (χ1v) is 4.27. The van der Waals surface area contributed by atoms with Gasteiger partial charge >= 0.3 is 5.97 Å². The number of methoxy groups -OCH3 is 1. The van der Waals surface area contributed by atoms with Gasteiger partial charge in [-0.15, -0.1) is 0 Å². The largest absolute Gasteiger partial charge is 0.469 e. The van der Waals surface area contributed by atoms with Crippen LogP contribution in [0.4, 0.5) is 0 Å². The van der Waals surface area contributed by atoms with E-state index in [0.29, 0.717) is 6.61 Å². The molecule has 0 radical (unpaired) electrons. The van der Waals surface area contributed by atoms with Gasteiger partial charge in [-0.2, -0.15) is 0 Å². The smallest absolute Gasteiger partial charge is 0.311 e. The summed E-state index contributed by atoms with van der Waals surface area (Å²) in [7, 11) is 1.42. The van der Waals surface area contributed by atoms with Gasteiger partial charge in [0.25, 0.3) is 0 Å². The number of esters is 1. The van der Waals surface area contributed by atoms with Crippen LogP contribution in [0.2, 0.25) is 0 Å². The van der Waals surface area contributed by atoms with E-state index in [1.165, 1.54) is 7.11 Å². The molecule has 1 saturated heterocycles. The van der Waals surface area contributed by atoms with Gasteiger partial charge in [0.15, 0.2) is 0 Å². The molecule has 1 aliphatic rings. The minimum Gasteiger partial charge on any atom is -0.469 e. The van der Waals surface area contributed by atoms with E-state index in [1.54, 1.807) is 0 Å². The zero-order valence-electron chi connectivity index (χ0n) is 7.92. The van der Waals surface area contributed by atoms with Crippen molar-refractivity contribution in [3.8, 4) is 0 Å². The zero-order valence-corrected chi connectivity index (χ0v) is 7.92. The Morgan fingerprint density at radius 3 is 2.67 bits per heavy atom. The minimum atomic E-state index is -0.148. The van der Waals surface area contributed by atoms with Crippen LogP contribution in [0.5, 0.6) is 0 Å². The molecule has 3 nitrogen and oxygen atoms in total. The lowest BCUT2D eigenvalue weighted by atomic mass is 9.92. The van der Waals surface area contributed by atoms with E-state index in [0.717, 1.165) is 12.8 Å². The number of ether oxygens (including phenoxy) is 2. The van der Waals surface area contributed by atoms with E-state index in [4.69, 9.17) is 4.74 Å². The molecular weight excluding hydrogens is 156 g/mol. The molecule has 70 valence electrons. The van der Waals surface area contributed by atoms with Crippen molar-refractivity contribution in [1.29, 1.82) is 0 Å². The number of rotatable bonds is 1. The van der Waals surface area contributed by atoms with Gasteiger partial charge < -0.3 is 9.47 Å². The van der Waals surface area contributed by atoms with Gasteiger partial charge in [0.05, 0.1) is 25.2 Å². The van der Waals surface area contributed by atoms with E-state index in [2.05, 4.69) is 4.74 Å². The second-order valence-corrected chi connectivity index (χ2v) is 3.83. The molecule has 1 heterocycles. The predicted molar refractivity (Wildman–Crippen MR) is 44.8 cm³/mol. The van der Waals surface area contributed by atoms with Crippen LogP contribution in [0.25, 0.3) is 0 Å². The third kappa shape index (κ3) is 2.21. The van der Waals surface area contributed by atoms with Crippen molar-refractivity contribution in [2.24, 2.45) is 5.92 Å². The van der Waals surface area contributed by atoms with Crippen LogP contribution in [-0.4, -0.2) is 25.3 Å². The van der Waals surface area contributed by atoms with Gasteiger partial charge in [0.1, 0.15) is 0 Å². The molecule has 0 aromatic heterocycles. The van der Waals surface area contributed by atoms with Crippen molar-refractivity contribution in [3.05, 3.63) is 0 Å². The quantitative estimate of drug-likeness (QED) is 0.560. The molecule has 0 unspecified atom stereocenters. The Morgan fingerprint density at radius 1 is 1.58 bits per heavy atom. The van der Waals surface area contributed by atoms with Gasteiger partial charge in [-0.1, -0.05) is 0 Å². The third-order valence-corrected chi connectivity index (χ3v) is 2.30. The van der Waals surface area contributed by atoms with Crippen LogP contribution in [0.3, 0.4) is 0 Å². The molecule has 0 amide bonds. The fourth-order valence-corrected chi connectivity index (χ4v) is 1.36. The molecule has 0 N–H and O–H groups in total. The summed E-state index contributed by atoms with van der Waals surface area (Å²) in [6.07, 6.45) is 1.80. The Labute approximate surface area is 73.0 Å². The number of carbonyl (C=O) groups is 1. The van der Waals surface area contributed by atoms with Crippen LogP contribution >= 0.6 is 0 Å². The molecule has 0 bridgehead atoms. The van der Waals surface area contributed by atoms with E-state index >= 15 is 0 Å². The van der Waals surface area contributed by atoms with Gasteiger partial charge in [-0.05, 0) is 26.7 Å². The number of hydrogen-bond donors (Lipinski definition) is 0. The first kappa shape index (κ1) is 9.52. The second-order valence-electron chi connectivity index (χ2n) is 3.83. The maximum absolute atomic E-state index is 11.1. The van der Waals surface area contributed by atoms with Gasteiger partial charge in [0.2, 0.25) is 0 Å². The summed E-state index contributed by atoms with van der Waals surface area (Å²) in [5.74, 6) is -0.200. The summed E-state index contributed by atoms with van der Waals surface area (Å²) < 4.78 is 10.1. The lowest BCUT2D eigenvalue weighted by molar-refractivity contribution is -0.156. The van der Waals surface area contributed by atoms with Gasteiger partial charge in [-0.3, -0.25) is 4.79 Å². The first-order valence-electron chi connectivity index (χ1n) is 4.27. The summed E-state index contributed by atoms with van der Waals surface area (Å²) in [6.45, 7) is 4.58. The van der Waals surface area contributed by atoms with E-state index < -0.39 is 0 Å². The molecule has 0 aliphatic carbocycles. The van der Waals surface area contributed by atoms with Crippen LogP contribution < -0.4 is 0 Å². The fraction of sp³-hybridized carbons (Fsp3) is 0.889. The van der Waals surface area contributed by atoms with Crippen LogP contribution in [-0.2, 0) is 14.3 Å². The van der Waals surface area contributed by atoms with Crippen molar-refractivity contribution >= 4 is 5.97 Å². The highest BCUT2D eigenvalue weighted by molar-refractivity contribution is 5.72. The molecule has 0 aromatic carbocycles. The molecule has 1 aliphatic heterocycles. The van der Waals surface area contributed by atoms with E-state index in [9.17, 15) is 4.79 Å². The summed E-state index contributed by atoms with van der Waals surface area (Å²) in [5, 5.41) is 0. The number of carbonyl (C=O) groups excluding carboxylic acids is 1. The highest BCUT2D eigenvalue weighted by Crippen LogP contribution is 2.27. The molecular formula is C9H16O3. The maximum Gasteiger partial charge on any atom is 0.311 e. The molecule has 3 heteroatoms. The molecule has 12 heavy (non-hydrogen) atoms. The van der Waals surface area contributed by atoms with Crippen molar-refractivity contribution in [1.82, 2.24) is 0 Å². The summed E-state index contributed by atoms with van der Waals surface area (Å²) in [5.41, 5.74) is -0.0650. The van der Waals surface area contributed by atoms with Crippen molar-refractivity contribution in [3.63, 3.8) is 0 Å². The predicted octanol–water partition coefficient (Wildman–Crippen LogP) is 1.36. The van der Waals surface area contributed by atoms with Crippen LogP contribution in [0, 0.1) is 5.92 Å². The summed E-state index contributed by atoms with van der Waals surface area (Å²) in [6, 6.07) is 0. The Hall–Kier alpha value is -0.570. The fourth-order valence-electron chi connectivity index (χ4n) is 1.36. The Balaban J connectivity index is 2.41. The van der Waals surface area contributed by atoms with Crippen LogP contribution in [0.15, 0.2) is 0 Å². The molecule has 0 saturated carbocycles. The summed E-state index contributed by atoms with van der Waals surface area (Å²) >= 11 is 0. The molecule has 1 rings (SSSR count). The lowest BCUT2D eigenvalue weighted by Gasteiger charge is -2.33. The monoisotopic (exact) mass is 172 g/mol. The van der Waals surface area contributed by atoms with Crippen molar-refractivity contribution in [2.45, 2.75) is 32.3 Å². The van der Waals surface area contributed by atoms with Crippen molar-refractivity contribution < 1.29 is 14.3 Å². The normalized spacial score (nSPS) is 28.1.